The van der Waals surface area contributed by atoms with Crippen LogP contribution < -0.4 is 0 Å². The molecule has 4 rings (SSSR count). The minimum absolute atomic E-state index is 0.349. The summed E-state index contributed by atoms with van der Waals surface area (Å²) in [4.78, 5) is 0. The highest BCUT2D eigenvalue weighted by atomic mass is 14.2. The van der Waals surface area contributed by atoms with Crippen molar-refractivity contribution < 1.29 is 0 Å². The van der Waals surface area contributed by atoms with Gasteiger partial charge in [0.05, 0.1) is 33.4 Å². The van der Waals surface area contributed by atoms with E-state index < -0.39 is 0 Å². The predicted molar refractivity (Wildman–Crippen MR) is 171 cm³/mol. The average molecular weight is 523 g/mol. The first-order chi connectivity index (χ1) is 20.6. The molecule has 0 heterocycles. The van der Waals surface area contributed by atoms with Gasteiger partial charge in [-0.15, -0.1) is 38.5 Å². The lowest BCUT2D eigenvalue weighted by molar-refractivity contribution is 1.44. The van der Waals surface area contributed by atoms with E-state index in [0.29, 0.717) is 66.8 Å². The van der Waals surface area contributed by atoms with E-state index in [9.17, 15) is 0 Å². The largest absolute Gasteiger partial charge is 0.115 e. The van der Waals surface area contributed by atoms with Crippen LogP contribution in [0.4, 0.5) is 0 Å². The molecule has 0 atom stereocenters. The fourth-order valence-electron chi connectivity index (χ4n) is 4.10. The quantitative estimate of drug-likeness (QED) is 0.257. The maximum Gasteiger partial charge on any atom is 0.0588 e. The van der Waals surface area contributed by atoms with Crippen molar-refractivity contribution in [3.63, 3.8) is 0 Å². The van der Waals surface area contributed by atoms with Crippen LogP contribution in [-0.2, 0) is 0 Å². The third kappa shape index (κ3) is 5.67. The summed E-state index contributed by atoms with van der Waals surface area (Å²) in [5.41, 5.74) is 6.00. The van der Waals surface area contributed by atoms with Crippen LogP contribution in [0.2, 0.25) is 0 Å². The number of hydrogen-bond acceptors (Lipinski definition) is 0. The number of hydrogen-bond donors (Lipinski definition) is 0. The molecule has 0 radical (unpaired) electrons. The van der Waals surface area contributed by atoms with Crippen molar-refractivity contribution >= 4 is 0 Å². The van der Waals surface area contributed by atoms with Gasteiger partial charge in [0.15, 0.2) is 0 Å². The number of benzene rings is 4. The Morgan fingerprint density at radius 1 is 0.262 bits per heavy atom. The van der Waals surface area contributed by atoms with Gasteiger partial charge in [-0.05, 0) is 36.4 Å². The zero-order valence-corrected chi connectivity index (χ0v) is 22.4. The van der Waals surface area contributed by atoms with E-state index in [-0.39, 0.29) is 0 Å². The van der Waals surface area contributed by atoms with Crippen LogP contribution in [0.5, 0.6) is 0 Å². The number of terminal acetylenes is 6. The van der Waals surface area contributed by atoms with Crippen molar-refractivity contribution in [3.8, 4) is 110 Å². The molecule has 186 valence electrons. The molecule has 4 aromatic rings. The fourth-order valence-corrected chi connectivity index (χ4v) is 4.10. The zero-order valence-electron chi connectivity index (χ0n) is 22.4. The maximum atomic E-state index is 6.06. The summed E-state index contributed by atoms with van der Waals surface area (Å²) in [5.74, 6) is 34.9. The van der Waals surface area contributed by atoms with E-state index in [1.807, 2.05) is 54.6 Å². The Hall–Kier alpha value is -7.08. The molecule has 0 spiro atoms. The van der Waals surface area contributed by atoms with Crippen LogP contribution >= 0.6 is 0 Å². The van der Waals surface area contributed by atoms with Gasteiger partial charge in [0.2, 0.25) is 0 Å². The summed E-state index contributed by atoms with van der Waals surface area (Å²) in [5, 5.41) is 0. The fraction of sp³-hybridized carbons (Fsp3) is 0. The summed E-state index contributed by atoms with van der Waals surface area (Å²) in [6.07, 6.45) is 35.2. The summed E-state index contributed by atoms with van der Waals surface area (Å²) in [6, 6.07) is 21.9. The van der Waals surface area contributed by atoms with Crippen LogP contribution in [-0.4, -0.2) is 0 Å². The van der Waals surface area contributed by atoms with Gasteiger partial charge >= 0.3 is 0 Å². The Balaban J connectivity index is 2.12. The normalized spacial score (nSPS) is 8.71. The third-order valence-electron chi connectivity index (χ3n) is 6.15. The molecule has 0 unspecified atom stereocenters. The minimum Gasteiger partial charge on any atom is -0.115 e. The lowest BCUT2D eigenvalue weighted by Gasteiger charge is -2.12. The van der Waals surface area contributed by atoms with Crippen LogP contribution in [0.3, 0.4) is 0 Å². The molecule has 0 amide bonds. The molecule has 0 aliphatic rings. The SMILES string of the molecule is C#Cc1ccccc1C#Cc1c(C#C)c(C#Cc2ccccc2C#C)c(C#C)c(C#Cc2ccccc2C#C)c1C#C. The van der Waals surface area contributed by atoms with Crippen LogP contribution in [0.15, 0.2) is 72.8 Å². The van der Waals surface area contributed by atoms with Crippen LogP contribution in [0, 0.1) is 110 Å². The Labute approximate surface area is 248 Å². The van der Waals surface area contributed by atoms with Crippen LogP contribution in [0.25, 0.3) is 0 Å². The second kappa shape index (κ2) is 13.1. The zero-order chi connectivity index (χ0) is 29.9. The van der Waals surface area contributed by atoms with Gasteiger partial charge in [-0.2, -0.15) is 0 Å². The maximum absolute atomic E-state index is 6.06. The molecule has 0 heteroatoms. The molecule has 4 aromatic carbocycles. The summed E-state index contributed by atoms with van der Waals surface area (Å²) >= 11 is 0. The Morgan fingerprint density at radius 3 is 0.714 bits per heavy atom. The first kappa shape index (κ1) is 27.9. The van der Waals surface area contributed by atoms with E-state index in [4.69, 9.17) is 38.5 Å². The number of rotatable bonds is 0. The summed E-state index contributed by atoms with van der Waals surface area (Å²) in [7, 11) is 0. The van der Waals surface area contributed by atoms with Gasteiger partial charge in [-0.25, -0.2) is 0 Å². The molecular weight excluding hydrogens is 504 g/mol. The molecule has 42 heavy (non-hydrogen) atoms. The minimum atomic E-state index is 0.349. The molecule has 0 aromatic heterocycles. The molecule has 0 aliphatic heterocycles. The van der Waals surface area contributed by atoms with Crippen molar-refractivity contribution in [3.05, 3.63) is 140 Å². The molecule has 0 fully saturated rings. The molecular formula is C42H18. The lowest BCUT2D eigenvalue weighted by atomic mass is 9.86. The molecule has 0 aliphatic carbocycles. The van der Waals surface area contributed by atoms with Crippen molar-refractivity contribution in [2.75, 3.05) is 0 Å². The van der Waals surface area contributed by atoms with Gasteiger partial charge < -0.3 is 0 Å². The molecule has 0 saturated carbocycles. The smallest absolute Gasteiger partial charge is 0.0588 e. The molecule has 0 N–H and O–H groups in total. The van der Waals surface area contributed by atoms with Gasteiger partial charge in [0.25, 0.3) is 0 Å². The second-order valence-electron chi connectivity index (χ2n) is 8.50. The molecule has 0 nitrogen and oxygen atoms in total. The van der Waals surface area contributed by atoms with Gasteiger partial charge in [-0.3, -0.25) is 0 Å². The van der Waals surface area contributed by atoms with E-state index >= 15 is 0 Å². The van der Waals surface area contributed by atoms with Gasteiger partial charge in [-0.1, -0.05) is 107 Å². The second-order valence-corrected chi connectivity index (χ2v) is 8.50. The van der Waals surface area contributed by atoms with Gasteiger partial charge in [0, 0.05) is 33.4 Å². The van der Waals surface area contributed by atoms with E-state index in [2.05, 4.69) is 71.0 Å². The first-order valence-corrected chi connectivity index (χ1v) is 12.5. The highest BCUT2D eigenvalue weighted by molar-refractivity contribution is 5.77. The van der Waals surface area contributed by atoms with Crippen molar-refractivity contribution in [2.24, 2.45) is 0 Å². The van der Waals surface area contributed by atoms with E-state index in [1.54, 1.807) is 18.2 Å². The first-order valence-electron chi connectivity index (χ1n) is 12.5. The topological polar surface area (TPSA) is 0 Å². The highest BCUT2D eigenvalue weighted by Crippen LogP contribution is 2.27. The summed E-state index contributed by atoms with van der Waals surface area (Å²) in [6.45, 7) is 0. The molecule has 0 bridgehead atoms. The lowest BCUT2D eigenvalue weighted by Crippen LogP contribution is -2.04. The Morgan fingerprint density at radius 2 is 0.500 bits per heavy atom. The average Bonchev–Trinajstić information content (AvgIpc) is 3.05. The third-order valence-corrected chi connectivity index (χ3v) is 6.15. The standard InChI is InChI=1S/C42H18/c1-7-31-19-13-16-22-34(31)25-28-40-37(10-4)41(29-26-35-23-17-14-20-32(35)8-2)39(12-6)42(38(40)11-5)30-27-36-24-18-15-21-33(36)9-3/h1-6,13-24H. The highest BCUT2D eigenvalue weighted by Gasteiger charge is 2.19. The molecule has 0 saturated heterocycles. The van der Waals surface area contributed by atoms with Crippen LogP contribution in [0.1, 0.15) is 66.8 Å². The van der Waals surface area contributed by atoms with Crippen molar-refractivity contribution in [1.29, 1.82) is 0 Å². The van der Waals surface area contributed by atoms with Gasteiger partial charge in [0.1, 0.15) is 0 Å². The predicted octanol–water partition coefficient (Wildman–Crippen LogP) is 5.77. The van der Waals surface area contributed by atoms with Crippen molar-refractivity contribution in [2.45, 2.75) is 0 Å². The Kier molecular flexibility index (Phi) is 8.73. The van der Waals surface area contributed by atoms with Crippen molar-refractivity contribution in [1.82, 2.24) is 0 Å². The van der Waals surface area contributed by atoms with E-state index in [0.717, 1.165) is 0 Å². The monoisotopic (exact) mass is 522 g/mol. The summed E-state index contributed by atoms with van der Waals surface area (Å²) < 4.78 is 0. The van der Waals surface area contributed by atoms with E-state index in [1.165, 1.54) is 0 Å². The Bertz CT molecular complexity index is 1930.